The van der Waals surface area contributed by atoms with Gasteiger partial charge in [-0.1, -0.05) is 12.1 Å². The highest BCUT2D eigenvalue weighted by Crippen LogP contribution is 2.28. The molecule has 1 amide bonds. The lowest BCUT2D eigenvalue weighted by Crippen LogP contribution is -2.50. The summed E-state index contributed by atoms with van der Waals surface area (Å²) in [5.41, 5.74) is 1.09. The van der Waals surface area contributed by atoms with Crippen molar-refractivity contribution < 1.29 is 19.0 Å². The van der Waals surface area contributed by atoms with Crippen molar-refractivity contribution in [2.45, 2.75) is 13.8 Å². The zero-order valence-electron chi connectivity index (χ0n) is 16.6. The number of carbonyl (C=O) groups is 1. The van der Waals surface area contributed by atoms with Crippen molar-refractivity contribution in [3.8, 4) is 17.2 Å². The number of rotatable bonds is 8. The lowest BCUT2D eigenvalue weighted by molar-refractivity contribution is -0.133. The highest BCUT2D eigenvalue weighted by atomic mass is 16.5. The zero-order valence-corrected chi connectivity index (χ0v) is 16.6. The van der Waals surface area contributed by atoms with Crippen LogP contribution in [0.25, 0.3) is 0 Å². The summed E-state index contributed by atoms with van der Waals surface area (Å²) < 4.78 is 16.8. The number of hydrogen-bond acceptors (Lipinski definition) is 5. The van der Waals surface area contributed by atoms with E-state index < -0.39 is 0 Å². The molecular formula is C22H28N2O4. The van der Waals surface area contributed by atoms with Crippen molar-refractivity contribution in [1.29, 1.82) is 0 Å². The third-order valence-corrected chi connectivity index (χ3v) is 4.64. The summed E-state index contributed by atoms with van der Waals surface area (Å²) in [6.45, 7) is 8.13. The maximum absolute atomic E-state index is 12.5. The Balaban J connectivity index is 1.48. The molecule has 6 heteroatoms. The van der Waals surface area contributed by atoms with E-state index in [0.29, 0.717) is 32.1 Å². The molecule has 2 aromatic carbocycles. The average molecular weight is 384 g/mol. The van der Waals surface area contributed by atoms with Gasteiger partial charge in [0.2, 0.25) is 0 Å². The van der Waals surface area contributed by atoms with Gasteiger partial charge in [0.25, 0.3) is 5.91 Å². The first-order chi connectivity index (χ1) is 13.7. The summed E-state index contributed by atoms with van der Waals surface area (Å²) in [6.07, 6.45) is 0. The molecule has 0 aliphatic carbocycles. The highest BCUT2D eigenvalue weighted by Gasteiger charge is 2.23. The minimum Gasteiger partial charge on any atom is -0.494 e. The first-order valence-corrected chi connectivity index (χ1v) is 9.81. The number of amides is 1. The third-order valence-electron chi connectivity index (χ3n) is 4.64. The fourth-order valence-corrected chi connectivity index (χ4v) is 3.23. The van der Waals surface area contributed by atoms with Crippen LogP contribution in [0.4, 0.5) is 5.69 Å². The van der Waals surface area contributed by atoms with E-state index in [2.05, 4.69) is 11.0 Å². The molecule has 1 aliphatic rings. The Morgan fingerprint density at radius 2 is 1.43 bits per heavy atom. The molecule has 1 saturated heterocycles. The number of carbonyl (C=O) groups excluding carboxylic acids is 1. The summed E-state index contributed by atoms with van der Waals surface area (Å²) >= 11 is 0. The van der Waals surface area contributed by atoms with Crippen LogP contribution in [0.15, 0.2) is 48.5 Å². The molecule has 0 radical (unpaired) electrons. The molecule has 3 rings (SSSR count). The zero-order chi connectivity index (χ0) is 19.8. The second-order valence-corrected chi connectivity index (χ2v) is 6.46. The highest BCUT2D eigenvalue weighted by molar-refractivity contribution is 5.78. The summed E-state index contributed by atoms with van der Waals surface area (Å²) in [5, 5.41) is 0. The van der Waals surface area contributed by atoms with Crippen molar-refractivity contribution in [2.75, 3.05) is 50.9 Å². The van der Waals surface area contributed by atoms with Crippen LogP contribution >= 0.6 is 0 Å². The molecule has 0 unspecified atom stereocenters. The molecule has 1 fully saturated rings. The van der Waals surface area contributed by atoms with Gasteiger partial charge >= 0.3 is 0 Å². The fraction of sp³-hybridized carbons (Fsp3) is 0.409. The predicted octanol–water partition coefficient (Wildman–Crippen LogP) is 3.21. The lowest BCUT2D eigenvalue weighted by atomic mass is 10.2. The van der Waals surface area contributed by atoms with Crippen molar-refractivity contribution in [3.05, 3.63) is 48.5 Å². The second kappa shape index (κ2) is 9.88. The molecule has 1 aliphatic heterocycles. The van der Waals surface area contributed by atoms with E-state index in [-0.39, 0.29) is 12.5 Å². The Morgan fingerprint density at radius 1 is 0.821 bits per heavy atom. The van der Waals surface area contributed by atoms with Gasteiger partial charge < -0.3 is 24.0 Å². The Bertz CT molecular complexity index is 755. The van der Waals surface area contributed by atoms with Gasteiger partial charge in [-0.2, -0.15) is 0 Å². The Morgan fingerprint density at radius 3 is 2.07 bits per heavy atom. The van der Waals surface area contributed by atoms with Crippen LogP contribution in [0, 0.1) is 0 Å². The van der Waals surface area contributed by atoms with Gasteiger partial charge in [0.15, 0.2) is 6.61 Å². The first-order valence-electron chi connectivity index (χ1n) is 9.81. The maximum atomic E-state index is 12.5. The molecule has 0 saturated carbocycles. The molecule has 0 N–H and O–H groups in total. The summed E-state index contributed by atoms with van der Waals surface area (Å²) in [7, 11) is 0. The van der Waals surface area contributed by atoms with E-state index in [4.69, 9.17) is 14.2 Å². The van der Waals surface area contributed by atoms with Gasteiger partial charge in [-0.15, -0.1) is 0 Å². The van der Waals surface area contributed by atoms with Crippen LogP contribution in [0.3, 0.4) is 0 Å². The Labute approximate surface area is 166 Å². The summed E-state index contributed by atoms with van der Waals surface area (Å²) in [4.78, 5) is 16.6. The third kappa shape index (κ3) is 5.09. The second-order valence-electron chi connectivity index (χ2n) is 6.46. The van der Waals surface area contributed by atoms with Crippen molar-refractivity contribution in [2.24, 2.45) is 0 Å². The van der Waals surface area contributed by atoms with E-state index in [0.717, 1.165) is 30.3 Å². The van der Waals surface area contributed by atoms with E-state index in [9.17, 15) is 4.79 Å². The molecule has 150 valence electrons. The van der Waals surface area contributed by atoms with Crippen LogP contribution in [0.1, 0.15) is 13.8 Å². The molecule has 0 atom stereocenters. The topological polar surface area (TPSA) is 51.2 Å². The minimum absolute atomic E-state index is 0.00614. The van der Waals surface area contributed by atoms with Gasteiger partial charge in [-0.3, -0.25) is 4.79 Å². The Hall–Kier alpha value is -2.89. The fourth-order valence-electron chi connectivity index (χ4n) is 3.23. The van der Waals surface area contributed by atoms with Crippen LogP contribution in [-0.4, -0.2) is 56.8 Å². The lowest BCUT2D eigenvalue weighted by Gasteiger charge is -2.36. The maximum Gasteiger partial charge on any atom is 0.260 e. The molecule has 6 nitrogen and oxygen atoms in total. The average Bonchev–Trinajstić information content (AvgIpc) is 2.74. The van der Waals surface area contributed by atoms with Crippen molar-refractivity contribution >= 4 is 11.6 Å². The molecule has 0 bridgehead atoms. The van der Waals surface area contributed by atoms with Gasteiger partial charge in [0.05, 0.1) is 18.9 Å². The molecule has 2 aromatic rings. The van der Waals surface area contributed by atoms with E-state index in [1.54, 1.807) is 0 Å². The number of ether oxygens (including phenoxy) is 3. The molecule has 0 aromatic heterocycles. The number of anilines is 1. The molecule has 0 spiro atoms. The summed E-state index contributed by atoms with van der Waals surface area (Å²) in [6, 6.07) is 15.4. The number of piperazine rings is 1. The minimum atomic E-state index is 0.00614. The van der Waals surface area contributed by atoms with Gasteiger partial charge in [0, 0.05) is 26.2 Å². The number of hydrogen-bond donors (Lipinski definition) is 0. The number of nitrogens with zero attached hydrogens (tertiary/aromatic N) is 2. The van der Waals surface area contributed by atoms with Crippen molar-refractivity contribution in [1.82, 2.24) is 4.90 Å². The predicted molar refractivity (Wildman–Crippen MR) is 110 cm³/mol. The Kier molecular flexibility index (Phi) is 7.00. The first kappa shape index (κ1) is 19.9. The van der Waals surface area contributed by atoms with E-state index >= 15 is 0 Å². The molecular weight excluding hydrogens is 356 g/mol. The van der Waals surface area contributed by atoms with E-state index in [1.807, 2.05) is 61.2 Å². The van der Waals surface area contributed by atoms with Gasteiger partial charge in [-0.25, -0.2) is 0 Å². The van der Waals surface area contributed by atoms with E-state index in [1.165, 1.54) is 0 Å². The van der Waals surface area contributed by atoms with Crippen LogP contribution < -0.4 is 19.1 Å². The van der Waals surface area contributed by atoms with Gasteiger partial charge in [-0.05, 0) is 50.2 Å². The molecule has 1 heterocycles. The largest absolute Gasteiger partial charge is 0.494 e. The van der Waals surface area contributed by atoms with Crippen LogP contribution in [0.2, 0.25) is 0 Å². The SMILES string of the molecule is CCOc1ccc(OCC(=O)N2CCN(c3ccccc3OCC)CC2)cc1. The molecule has 28 heavy (non-hydrogen) atoms. The monoisotopic (exact) mass is 384 g/mol. The van der Waals surface area contributed by atoms with Gasteiger partial charge in [0.1, 0.15) is 17.2 Å². The quantitative estimate of drug-likeness (QED) is 0.700. The number of benzene rings is 2. The summed E-state index contributed by atoms with van der Waals surface area (Å²) in [5.74, 6) is 2.36. The van der Waals surface area contributed by atoms with Crippen LogP contribution in [0.5, 0.6) is 17.2 Å². The normalized spacial score (nSPS) is 13.9. The van der Waals surface area contributed by atoms with Crippen LogP contribution in [-0.2, 0) is 4.79 Å². The smallest absolute Gasteiger partial charge is 0.260 e. The van der Waals surface area contributed by atoms with Crippen molar-refractivity contribution in [3.63, 3.8) is 0 Å². The standard InChI is InChI=1S/C22H28N2O4/c1-3-26-18-9-11-19(12-10-18)28-17-22(25)24-15-13-23(14-16-24)20-7-5-6-8-21(20)27-4-2/h5-12H,3-4,13-17H2,1-2H3. The number of para-hydroxylation sites is 2.